The minimum atomic E-state index is -2.17. The van der Waals surface area contributed by atoms with Gasteiger partial charge in [-0.05, 0) is 0 Å². The summed E-state index contributed by atoms with van der Waals surface area (Å²) < 4.78 is 0. The van der Waals surface area contributed by atoms with Gasteiger partial charge in [0.25, 0.3) is 0 Å². The van der Waals surface area contributed by atoms with E-state index in [1.807, 2.05) is 0 Å². The first kappa shape index (κ1) is 15.7. The molecule has 0 spiro atoms. The molecule has 0 bridgehead atoms. The van der Waals surface area contributed by atoms with Crippen molar-refractivity contribution < 1.29 is 89.6 Å². The topological polar surface area (TPSA) is 60.7 Å². The van der Waals surface area contributed by atoms with E-state index in [1.54, 1.807) is 0 Å². The Hall–Kier alpha value is 2.30. The van der Waals surface area contributed by atoms with Crippen molar-refractivity contribution in [3.05, 3.63) is 0 Å². The minimum absolute atomic E-state index is 0. The van der Waals surface area contributed by atoms with E-state index in [1.165, 1.54) is 0 Å². The molecule has 3 nitrogen and oxygen atoms in total. The third-order valence-electron chi connectivity index (χ3n) is 0. The average molecular weight is 150 g/mol. The Balaban J connectivity index is -0.0000000150. The summed E-state index contributed by atoms with van der Waals surface area (Å²) in [6, 6.07) is 0. The van der Waals surface area contributed by atoms with Crippen molar-refractivity contribution in [3.63, 3.8) is 0 Å². The summed E-state index contributed by atoms with van der Waals surface area (Å²) in [5.74, 6) is 0. The number of hydrogen-bond donors (Lipinski definition) is 3. The van der Waals surface area contributed by atoms with Gasteiger partial charge < -0.3 is 16.5 Å². The van der Waals surface area contributed by atoms with Gasteiger partial charge in [0.1, 0.15) is 0 Å². The minimum Gasteiger partial charge on any atom is -1.00 e. The second-order valence-electron chi connectivity index (χ2n) is 0.346. The van der Waals surface area contributed by atoms with Crippen LogP contribution in [-0.4, -0.2) is 22.4 Å². The van der Waals surface area contributed by atoms with Crippen LogP contribution in [0.25, 0.3) is 0 Å². The van der Waals surface area contributed by atoms with E-state index in [0.29, 0.717) is 0 Å². The molecule has 0 aromatic carbocycles. The Morgan fingerprint density at radius 3 is 1.17 bits per heavy atom. The molecule has 30 valence electrons. The van der Waals surface area contributed by atoms with E-state index in [-0.39, 0.29) is 74.5 Å². The van der Waals surface area contributed by atoms with E-state index in [9.17, 15) is 0 Å². The molecule has 6 heavy (non-hydrogen) atoms. The molecule has 3 N–H and O–H groups in total. The molecule has 0 aliphatic rings. The molecule has 0 heterocycles. The third-order valence-corrected chi connectivity index (χ3v) is 0. The van der Waals surface area contributed by atoms with Crippen LogP contribution >= 0.6 is 0 Å². The summed E-state index contributed by atoms with van der Waals surface area (Å²) in [5.41, 5.74) is 0. The van der Waals surface area contributed by atoms with Crippen molar-refractivity contribution in [1.29, 1.82) is 0 Å². The molecular formula is H4BKO3Ti. The maximum Gasteiger partial charge on any atom is 1.00 e. The smallest absolute Gasteiger partial charge is 1.00 e. The molecule has 0 aliphatic heterocycles. The van der Waals surface area contributed by atoms with E-state index in [4.69, 9.17) is 15.1 Å². The van der Waals surface area contributed by atoms with E-state index < -0.39 is 7.32 Å². The maximum atomic E-state index is 7.17. The van der Waals surface area contributed by atoms with Crippen molar-refractivity contribution in [2.24, 2.45) is 0 Å². The largest absolute Gasteiger partial charge is 1.00 e. The molecule has 0 aromatic rings. The van der Waals surface area contributed by atoms with E-state index >= 15 is 0 Å². The molecular weight excluding hydrogens is 146 g/mol. The fourth-order valence-electron chi connectivity index (χ4n) is 0. The summed E-state index contributed by atoms with van der Waals surface area (Å²) in [6.07, 6.45) is 0. The first-order valence-corrected chi connectivity index (χ1v) is 0.775. The van der Waals surface area contributed by atoms with Crippen LogP contribution in [0.5, 0.6) is 0 Å². The van der Waals surface area contributed by atoms with Crippen molar-refractivity contribution in [2.45, 2.75) is 0 Å². The van der Waals surface area contributed by atoms with Crippen molar-refractivity contribution in [3.8, 4) is 0 Å². The molecule has 0 saturated heterocycles. The second-order valence-corrected chi connectivity index (χ2v) is 0.346. The van der Waals surface area contributed by atoms with Crippen LogP contribution in [0.2, 0.25) is 0 Å². The SMILES string of the molecule is OB(O)O.[H-].[K+].[Ti]. The fraction of sp³-hybridized carbons (Fsp3) is 0. The molecule has 0 atom stereocenters. The first-order chi connectivity index (χ1) is 1.73. The Kier molecular flexibility index (Phi) is 27.1. The summed E-state index contributed by atoms with van der Waals surface area (Å²) in [4.78, 5) is 0. The van der Waals surface area contributed by atoms with Crippen LogP contribution in [0.15, 0.2) is 0 Å². The monoisotopic (exact) mass is 150 g/mol. The Labute approximate surface area is 95.1 Å². The van der Waals surface area contributed by atoms with Gasteiger partial charge in [-0.25, -0.2) is 0 Å². The van der Waals surface area contributed by atoms with Gasteiger partial charge in [0.05, 0.1) is 0 Å². The predicted molar refractivity (Wildman–Crippen MR) is 13.5 cm³/mol. The molecule has 0 unspecified atom stereocenters. The van der Waals surface area contributed by atoms with E-state index in [0.717, 1.165) is 0 Å². The summed E-state index contributed by atoms with van der Waals surface area (Å²) in [7, 11) is -2.17. The van der Waals surface area contributed by atoms with Gasteiger partial charge in [0.2, 0.25) is 0 Å². The Morgan fingerprint density at radius 2 is 1.17 bits per heavy atom. The zero-order chi connectivity index (χ0) is 3.58. The summed E-state index contributed by atoms with van der Waals surface area (Å²) in [6.45, 7) is 0. The standard InChI is InChI=1S/BH3O3.K.Ti.H/c2-1(3)4;;;/h2-4H;;;/q;+1;;-1. The third kappa shape index (κ3) is 33.5. The molecule has 0 aliphatic carbocycles. The van der Waals surface area contributed by atoms with Gasteiger partial charge in [0, 0.05) is 21.7 Å². The normalized spacial score (nSPS) is 4.50. The average Bonchev–Trinajstić information content (AvgIpc) is 0.811. The Bertz CT molecular complexity index is 19.7. The van der Waals surface area contributed by atoms with Crippen LogP contribution in [0.4, 0.5) is 0 Å². The second kappa shape index (κ2) is 10.3. The summed E-state index contributed by atoms with van der Waals surface area (Å²) in [5, 5.41) is 21.5. The van der Waals surface area contributed by atoms with Crippen LogP contribution in [-0.2, 0) is 21.7 Å². The van der Waals surface area contributed by atoms with Gasteiger partial charge in [0.15, 0.2) is 0 Å². The van der Waals surface area contributed by atoms with E-state index in [2.05, 4.69) is 0 Å². The summed E-state index contributed by atoms with van der Waals surface area (Å²) >= 11 is 0. The van der Waals surface area contributed by atoms with Crippen LogP contribution in [0.3, 0.4) is 0 Å². The quantitative estimate of drug-likeness (QED) is 0.303. The van der Waals surface area contributed by atoms with Crippen LogP contribution in [0, 0.1) is 0 Å². The molecule has 0 radical (unpaired) electrons. The van der Waals surface area contributed by atoms with Gasteiger partial charge in [-0.2, -0.15) is 0 Å². The van der Waals surface area contributed by atoms with Gasteiger partial charge in [-0.3, -0.25) is 0 Å². The van der Waals surface area contributed by atoms with Gasteiger partial charge >= 0.3 is 58.7 Å². The van der Waals surface area contributed by atoms with Crippen LogP contribution in [0.1, 0.15) is 1.43 Å². The molecule has 0 amide bonds. The zero-order valence-electron chi connectivity index (χ0n) is 4.42. The molecule has 0 fully saturated rings. The molecule has 0 aromatic heterocycles. The fourth-order valence-corrected chi connectivity index (χ4v) is 0. The van der Waals surface area contributed by atoms with Crippen molar-refractivity contribution in [1.82, 2.24) is 0 Å². The first-order valence-electron chi connectivity index (χ1n) is 0.775. The molecule has 6 heteroatoms. The zero-order valence-corrected chi connectivity index (χ0v) is 8.10. The van der Waals surface area contributed by atoms with Crippen molar-refractivity contribution in [2.75, 3.05) is 0 Å². The molecule has 0 rings (SSSR count). The van der Waals surface area contributed by atoms with Crippen molar-refractivity contribution >= 4 is 7.32 Å². The number of hydrogen-bond acceptors (Lipinski definition) is 3. The molecule has 0 saturated carbocycles. The maximum absolute atomic E-state index is 7.17. The van der Waals surface area contributed by atoms with Crippen LogP contribution < -0.4 is 51.4 Å². The Morgan fingerprint density at radius 1 is 1.17 bits per heavy atom. The number of rotatable bonds is 0. The van der Waals surface area contributed by atoms with Gasteiger partial charge in [-0.15, -0.1) is 0 Å². The predicted octanol–water partition coefficient (Wildman–Crippen LogP) is -4.94. The van der Waals surface area contributed by atoms with Gasteiger partial charge in [-0.1, -0.05) is 0 Å².